The van der Waals surface area contributed by atoms with E-state index in [0.717, 1.165) is 35.2 Å². The summed E-state index contributed by atoms with van der Waals surface area (Å²) >= 11 is 1.65. The summed E-state index contributed by atoms with van der Waals surface area (Å²) in [7, 11) is 0. The Balaban J connectivity index is 1.56. The van der Waals surface area contributed by atoms with Crippen LogP contribution in [0.15, 0.2) is 27.6 Å². The summed E-state index contributed by atoms with van der Waals surface area (Å²) in [6.45, 7) is 7.70. The standard InChI is InChI=1S/C23H31N3O4S/c1-14(2)30-13-16(27)10-26(11-17-5-4-8-29-17)12-20-24-22(28)21-18-7-6-15(3)9-19(18)31-23(21)25-20/h4-5,8,14-16,27H,6-7,9-13H2,1-3H3,(H,24,25,28). The van der Waals surface area contributed by atoms with Crippen LogP contribution in [-0.2, 0) is 30.7 Å². The van der Waals surface area contributed by atoms with E-state index < -0.39 is 6.10 Å². The number of aryl methyl sites for hydroxylation is 1. The number of hydrogen-bond donors (Lipinski definition) is 2. The highest BCUT2D eigenvalue weighted by Crippen LogP contribution is 2.35. The van der Waals surface area contributed by atoms with Crippen molar-refractivity contribution >= 4 is 21.6 Å². The second-order valence-electron chi connectivity index (χ2n) is 8.83. The van der Waals surface area contributed by atoms with Crippen LogP contribution in [0.2, 0.25) is 0 Å². The number of fused-ring (bicyclic) bond motifs is 3. The first-order chi connectivity index (χ1) is 14.9. The van der Waals surface area contributed by atoms with Crippen LogP contribution >= 0.6 is 11.3 Å². The summed E-state index contributed by atoms with van der Waals surface area (Å²) in [4.78, 5) is 24.8. The van der Waals surface area contributed by atoms with Crippen LogP contribution in [0.1, 0.15) is 49.2 Å². The monoisotopic (exact) mass is 445 g/mol. The molecule has 0 aromatic carbocycles. The average Bonchev–Trinajstić information content (AvgIpc) is 3.33. The lowest BCUT2D eigenvalue weighted by Crippen LogP contribution is -2.35. The van der Waals surface area contributed by atoms with Crippen molar-refractivity contribution in [1.82, 2.24) is 14.9 Å². The maximum atomic E-state index is 12.9. The van der Waals surface area contributed by atoms with Crippen LogP contribution in [0.25, 0.3) is 10.2 Å². The van der Waals surface area contributed by atoms with Crippen molar-refractivity contribution in [2.45, 2.75) is 65.3 Å². The molecule has 1 aliphatic rings. The van der Waals surface area contributed by atoms with Crippen LogP contribution in [-0.4, -0.2) is 45.3 Å². The van der Waals surface area contributed by atoms with Gasteiger partial charge in [0, 0.05) is 11.4 Å². The molecule has 0 saturated carbocycles. The third kappa shape index (κ3) is 5.44. The van der Waals surface area contributed by atoms with Gasteiger partial charge in [0.25, 0.3) is 5.56 Å². The quantitative estimate of drug-likeness (QED) is 0.524. The van der Waals surface area contributed by atoms with Gasteiger partial charge in [-0.15, -0.1) is 11.3 Å². The Morgan fingerprint density at radius 3 is 3.00 bits per heavy atom. The van der Waals surface area contributed by atoms with E-state index >= 15 is 0 Å². The molecule has 3 aromatic heterocycles. The van der Waals surface area contributed by atoms with Gasteiger partial charge in [-0.2, -0.15) is 0 Å². The van der Waals surface area contributed by atoms with E-state index in [0.29, 0.717) is 31.4 Å². The van der Waals surface area contributed by atoms with Crippen molar-refractivity contribution in [2.75, 3.05) is 13.2 Å². The number of hydrogen-bond acceptors (Lipinski definition) is 7. The number of nitrogens with one attached hydrogen (secondary N) is 1. The topological polar surface area (TPSA) is 91.6 Å². The fraction of sp³-hybridized carbons (Fsp3) is 0.565. The molecule has 0 aliphatic heterocycles. The molecule has 31 heavy (non-hydrogen) atoms. The number of aliphatic hydroxyl groups is 1. The SMILES string of the molecule is CC1CCc2c(sc3nc(CN(Cc4ccco4)CC(O)COC(C)C)[nH]c(=O)c23)C1. The summed E-state index contributed by atoms with van der Waals surface area (Å²) in [6, 6.07) is 3.74. The summed E-state index contributed by atoms with van der Waals surface area (Å²) in [5.41, 5.74) is 1.13. The fourth-order valence-corrected chi connectivity index (χ4v) is 5.54. The van der Waals surface area contributed by atoms with Gasteiger partial charge in [-0.3, -0.25) is 9.69 Å². The lowest BCUT2D eigenvalue weighted by molar-refractivity contribution is -0.0117. The van der Waals surface area contributed by atoms with Gasteiger partial charge in [0.05, 0.1) is 43.6 Å². The molecule has 2 unspecified atom stereocenters. The number of thiophene rings is 1. The molecule has 2 atom stereocenters. The smallest absolute Gasteiger partial charge is 0.259 e. The van der Waals surface area contributed by atoms with Crippen molar-refractivity contribution in [3.8, 4) is 0 Å². The van der Waals surface area contributed by atoms with Crippen LogP contribution in [0, 0.1) is 5.92 Å². The lowest BCUT2D eigenvalue weighted by atomic mass is 9.89. The predicted molar refractivity (Wildman–Crippen MR) is 121 cm³/mol. The summed E-state index contributed by atoms with van der Waals surface area (Å²) in [6.07, 6.45) is 4.14. The maximum absolute atomic E-state index is 12.9. The zero-order valence-electron chi connectivity index (χ0n) is 18.4. The minimum absolute atomic E-state index is 0.0567. The minimum atomic E-state index is -0.650. The number of rotatable bonds is 9. The zero-order chi connectivity index (χ0) is 22.0. The van der Waals surface area contributed by atoms with Gasteiger partial charge in [-0.05, 0) is 56.7 Å². The Bertz CT molecular complexity index is 1060. The first-order valence-electron chi connectivity index (χ1n) is 11.0. The highest BCUT2D eigenvalue weighted by atomic mass is 32.1. The van der Waals surface area contributed by atoms with E-state index in [-0.39, 0.29) is 18.3 Å². The minimum Gasteiger partial charge on any atom is -0.468 e. The molecule has 0 radical (unpaired) electrons. The number of aromatic nitrogens is 2. The van der Waals surface area contributed by atoms with Gasteiger partial charge >= 0.3 is 0 Å². The van der Waals surface area contributed by atoms with Crippen molar-refractivity contribution in [3.05, 3.63) is 50.8 Å². The molecule has 0 spiro atoms. The molecule has 2 N–H and O–H groups in total. The second-order valence-corrected chi connectivity index (χ2v) is 9.91. The molecule has 0 amide bonds. The highest BCUT2D eigenvalue weighted by molar-refractivity contribution is 7.18. The number of H-pyrrole nitrogens is 1. The van der Waals surface area contributed by atoms with Gasteiger partial charge in [0.2, 0.25) is 0 Å². The van der Waals surface area contributed by atoms with Crippen molar-refractivity contribution < 1.29 is 14.3 Å². The first-order valence-corrected chi connectivity index (χ1v) is 11.8. The molecular weight excluding hydrogens is 414 g/mol. The molecule has 168 valence electrons. The van der Waals surface area contributed by atoms with Gasteiger partial charge in [0.15, 0.2) is 0 Å². The van der Waals surface area contributed by atoms with Crippen LogP contribution in [0.3, 0.4) is 0 Å². The number of furan rings is 1. The van der Waals surface area contributed by atoms with E-state index in [1.165, 1.54) is 10.4 Å². The van der Waals surface area contributed by atoms with E-state index in [1.807, 2.05) is 30.9 Å². The zero-order valence-corrected chi connectivity index (χ0v) is 19.2. The van der Waals surface area contributed by atoms with Crippen molar-refractivity contribution in [3.63, 3.8) is 0 Å². The van der Waals surface area contributed by atoms with Crippen LogP contribution < -0.4 is 5.56 Å². The Morgan fingerprint density at radius 2 is 2.26 bits per heavy atom. The van der Waals surface area contributed by atoms with E-state index in [2.05, 4.69) is 11.9 Å². The van der Waals surface area contributed by atoms with Gasteiger partial charge in [-0.1, -0.05) is 6.92 Å². The van der Waals surface area contributed by atoms with Crippen molar-refractivity contribution in [1.29, 1.82) is 0 Å². The molecule has 8 heteroatoms. The molecular formula is C23H31N3O4S. The lowest BCUT2D eigenvalue weighted by Gasteiger charge is -2.24. The largest absolute Gasteiger partial charge is 0.468 e. The normalized spacial score (nSPS) is 17.5. The third-order valence-electron chi connectivity index (χ3n) is 5.64. The molecule has 0 saturated heterocycles. The van der Waals surface area contributed by atoms with Crippen LogP contribution in [0.4, 0.5) is 0 Å². The third-order valence-corrected chi connectivity index (χ3v) is 6.79. The van der Waals surface area contributed by atoms with Crippen molar-refractivity contribution in [2.24, 2.45) is 5.92 Å². The molecule has 3 aromatic rings. The number of ether oxygens (including phenoxy) is 1. The summed E-state index contributed by atoms with van der Waals surface area (Å²) < 4.78 is 11.0. The van der Waals surface area contributed by atoms with E-state index in [9.17, 15) is 9.90 Å². The Hall–Kier alpha value is -2.00. The Morgan fingerprint density at radius 1 is 1.42 bits per heavy atom. The maximum Gasteiger partial charge on any atom is 0.259 e. The van der Waals surface area contributed by atoms with E-state index in [1.54, 1.807) is 17.6 Å². The summed E-state index contributed by atoms with van der Waals surface area (Å²) in [5, 5.41) is 11.2. The molecule has 3 heterocycles. The fourth-order valence-electron chi connectivity index (χ4n) is 4.14. The number of aliphatic hydroxyl groups excluding tert-OH is 1. The van der Waals surface area contributed by atoms with Gasteiger partial charge < -0.3 is 19.2 Å². The predicted octanol–water partition coefficient (Wildman–Crippen LogP) is 3.49. The summed E-state index contributed by atoms with van der Waals surface area (Å²) in [5.74, 6) is 2.05. The van der Waals surface area contributed by atoms with Gasteiger partial charge in [-0.25, -0.2) is 4.98 Å². The first kappa shape index (κ1) is 22.2. The number of aromatic amines is 1. The second kappa shape index (κ2) is 9.65. The molecule has 4 rings (SSSR count). The molecule has 0 bridgehead atoms. The van der Waals surface area contributed by atoms with E-state index in [4.69, 9.17) is 14.1 Å². The molecule has 7 nitrogen and oxygen atoms in total. The Kier molecular flexibility index (Phi) is 6.91. The number of nitrogens with zero attached hydrogens (tertiary/aromatic N) is 2. The molecule has 1 aliphatic carbocycles. The highest BCUT2D eigenvalue weighted by Gasteiger charge is 2.24. The van der Waals surface area contributed by atoms with Gasteiger partial charge in [0.1, 0.15) is 16.4 Å². The average molecular weight is 446 g/mol. The van der Waals surface area contributed by atoms with Crippen LogP contribution in [0.5, 0.6) is 0 Å². The molecule has 0 fully saturated rings. The Labute approximate surface area is 186 Å².